The van der Waals surface area contributed by atoms with Gasteiger partial charge in [-0.2, -0.15) is 4.98 Å². The molecule has 104 valence electrons. The normalized spacial score (nSPS) is 15.2. The Balaban J connectivity index is 1.79. The van der Waals surface area contributed by atoms with Crippen molar-refractivity contribution in [2.75, 3.05) is 31.1 Å². The summed E-state index contributed by atoms with van der Waals surface area (Å²) in [6, 6.07) is 13.2. The smallest absolute Gasteiger partial charge is 0.221 e. The molecule has 0 spiro atoms. The van der Waals surface area contributed by atoms with E-state index >= 15 is 0 Å². The van der Waals surface area contributed by atoms with Crippen molar-refractivity contribution in [2.24, 2.45) is 0 Å². The second-order valence-electron chi connectivity index (χ2n) is 4.60. The van der Waals surface area contributed by atoms with E-state index in [1.165, 1.54) is 0 Å². The number of para-hydroxylation sites is 1. The molecule has 1 aromatic carbocycles. The van der Waals surface area contributed by atoms with Crippen molar-refractivity contribution in [1.29, 1.82) is 0 Å². The Kier molecular flexibility index (Phi) is 4.04. The fraction of sp³-hybridized carbons (Fsp3) is 0.267. The minimum Gasteiger partial charge on any atom is -0.437 e. The molecule has 0 unspecified atom stereocenters. The number of hydrogen-bond acceptors (Lipinski definition) is 4. The molecule has 0 bridgehead atoms. The van der Waals surface area contributed by atoms with Crippen molar-refractivity contribution >= 4 is 17.4 Å². The molecule has 1 aromatic heterocycles. The van der Waals surface area contributed by atoms with Gasteiger partial charge in [-0.05, 0) is 18.2 Å². The zero-order valence-electron chi connectivity index (χ0n) is 11.1. The lowest BCUT2D eigenvalue weighted by Gasteiger charge is -2.28. The molecule has 20 heavy (non-hydrogen) atoms. The number of piperazine rings is 1. The van der Waals surface area contributed by atoms with Gasteiger partial charge < -0.3 is 15.0 Å². The van der Waals surface area contributed by atoms with Crippen LogP contribution in [0.25, 0.3) is 0 Å². The van der Waals surface area contributed by atoms with Gasteiger partial charge in [-0.15, -0.1) is 0 Å². The number of hydrogen-bond donors (Lipinski definition) is 1. The number of pyridine rings is 1. The minimum atomic E-state index is 0.564. The highest BCUT2D eigenvalue weighted by Gasteiger charge is 2.12. The lowest BCUT2D eigenvalue weighted by molar-refractivity contribution is 0.462. The van der Waals surface area contributed by atoms with Crippen molar-refractivity contribution in [3.8, 4) is 11.6 Å². The van der Waals surface area contributed by atoms with Crippen LogP contribution in [0, 0.1) is 0 Å². The van der Waals surface area contributed by atoms with Gasteiger partial charge in [0.1, 0.15) is 11.6 Å². The molecule has 1 fully saturated rings. The van der Waals surface area contributed by atoms with Crippen LogP contribution >= 0.6 is 11.6 Å². The lowest BCUT2D eigenvalue weighted by atomic mass is 10.3. The summed E-state index contributed by atoms with van der Waals surface area (Å²) in [5, 5.41) is 3.91. The van der Waals surface area contributed by atoms with E-state index in [2.05, 4.69) is 15.2 Å². The predicted octanol–water partition coefficient (Wildman–Crippen LogP) is 2.94. The standard InChI is InChI=1S/C15H16ClN3O/c16-12-4-1-2-5-13(12)20-15-7-3-6-14(18-15)19-10-8-17-9-11-19/h1-7,17H,8-11H2. The second-order valence-corrected chi connectivity index (χ2v) is 5.01. The maximum atomic E-state index is 6.09. The highest BCUT2D eigenvalue weighted by atomic mass is 35.5. The molecular weight excluding hydrogens is 274 g/mol. The monoisotopic (exact) mass is 289 g/mol. The number of rotatable bonds is 3. The Morgan fingerprint density at radius 2 is 1.85 bits per heavy atom. The number of benzene rings is 1. The van der Waals surface area contributed by atoms with Crippen LogP contribution in [0.15, 0.2) is 42.5 Å². The Labute approximate surface area is 123 Å². The Bertz CT molecular complexity index is 585. The van der Waals surface area contributed by atoms with E-state index in [9.17, 15) is 0 Å². The largest absolute Gasteiger partial charge is 0.437 e. The zero-order chi connectivity index (χ0) is 13.8. The molecule has 0 atom stereocenters. The third-order valence-electron chi connectivity index (χ3n) is 3.20. The summed E-state index contributed by atoms with van der Waals surface area (Å²) in [4.78, 5) is 6.80. The summed E-state index contributed by atoms with van der Waals surface area (Å²) in [6.45, 7) is 3.89. The molecule has 1 aliphatic rings. The molecule has 2 heterocycles. The molecule has 0 amide bonds. The average Bonchev–Trinajstić information content (AvgIpc) is 2.51. The van der Waals surface area contributed by atoms with Crippen LogP contribution in [-0.2, 0) is 0 Å². The summed E-state index contributed by atoms with van der Waals surface area (Å²) in [5.41, 5.74) is 0. The van der Waals surface area contributed by atoms with Gasteiger partial charge in [0.15, 0.2) is 0 Å². The number of nitrogens with one attached hydrogen (secondary N) is 1. The summed E-state index contributed by atoms with van der Waals surface area (Å²) >= 11 is 6.09. The molecule has 0 radical (unpaired) electrons. The van der Waals surface area contributed by atoms with E-state index in [0.717, 1.165) is 32.0 Å². The van der Waals surface area contributed by atoms with Crippen LogP contribution in [0.2, 0.25) is 5.02 Å². The molecule has 1 N–H and O–H groups in total. The third kappa shape index (κ3) is 3.03. The van der Waals surface area contributed by atoms with E-state index in [4.69, 9.17) is 16.3 Å². The Hall–Kier alpha value is -1.78. The van der Waals surface area contributed by atoms with Crippen LogP contribution in [0.5, 0.6) is 11.6 Å². The molecule has 4 nitrogen and oxygen atoms in total. The van der Waals surface area contributed by atoms with E-state index in [1.807, 2.05) is 36.4 Å². The lowest BCUT2D eigenvalue weighted by Crippen LogP contribution is -2.43. The van der Waals surface area contributed by atoms with Gasteiger partial charge in [0, 0.05) is 32.2 Å². The number of aromatic nitrogens is 1. The minimum absolute atomic E-state index is 0.564. The van der Waals surface area contributed by atoms with Gasteiger partial charge in [0.25, 0.3) is 0 Å². The fourth-order valence-corrected chi connectivity index (χ4v) is 2.35. The van der Waals surface area contributed by atoms with Crippen molar-refractivity contribution in [3.05, 3.63) is 47.5 Å². The Morgan fingerprint density at radius 3 is 2.65 bits per heavy atom. The summed E-state index contributed by atoms with van der Waals surface area (Å²) in [6.07, 6.45) is 0. The molecule has 0 saturated carbocycles. The van der Waals surface area contributed by atoms with Gasteiger partial charge in [0.05, 0.1) is 5.02 Å². The van der Waals surface area contributed by atoms with Gasteiger partial charge in [-0.25, -0.2) is 0 Å². The summed E-state index contributed by atoms with van der Waals surface area (Å²) in [7, 11) is 0. The van der Waals surface area contributed by atoms with Crippen LogP contribution in [0.4, 0.5) is 5.82 Å². The quantitative estimate of drug-likeness (QED) is 0.943. The SMILES string of the molecule is Clc1ccccc1Oc1cccc(N2CCNCC2)n1. The predicted molar refractivity (Wildman–Crippen MR) is 80.8 cm³/mol. The molecule has 0 aliphatic carbocycles. The molecule has 2 aromatic rings. The van der Waals surface area contributed by atoms with Gasteiger partial charge >= 0.3 is 0 Å². The van der Waals surface area contributed by atoms with Gasteiger partial charge in [-0.3, -0.25) is 0 Å². The second kappa shape index (κ2) is 6.11. The molecule has 1 aliphatic heterocycles. The van der Waals surface area contributed by atoms with E-state index in [-0.39, 0.29) is 0 Å². The number of nitrogens with zero attached hydrogens (tertiary/aromatic N) is 2. The van der Waals surface area contributed by atoms with Crippen LogP contribution in [0.1, 0.15) is 0 Å². The maximum absolute atomic E-state index is 6.09. The van der Waals surface area contributed by atoms with Gasteiger partial charge in [0.2, 0.25) is 5.88 Å². The first-order chi connectivity index (χ1) is 9.83. The Morgan fingerprint density at radius 1 is 1.05 bits per heavy atom. The third-order valence-corrected chi connectivity index (χ3v) is 3.51. The summed E-state index contributed by atoms with van der Waals surface area (Å²) in [5.74, 6) is 2.13. The van der Waals surface area contributed by atoms with Crippen molar-refractivity contribution < 1.29 is 4.74 Å². The van der Waals surface area contributed by atoms with Crippen molar-refractivity contribution in [3.63, 3.8) is 0 Å². The van der Waals surface area contributed by atoms with Crippen LogP contribution in [-0.4, -0.2) is 31.2 Å². The number of anilines is 1. The van der Waals surface area contributed by atoms with Crippen molar-refractivity contribution in [1.82, 2.24) is 10.3 Å². The highest BCUT2D eigenvalue weighted by Crippen LogP contribution is 2.28. The topological polar surface area (TPSA) is 37.4 Å². The fourth-order valence-electron chi connectivity index (χ4n) is 2.17. The highest BCUT2D eigenvalue weighted by molar-refractivity contribution is 6.32. The first kappa shape index (κ1) is 13.2. The average molecular weight is 290 g/mol. The maximum Gasteiger partial charge on any atom is 0.221 e. The molecule has 1 saturated heterocycles. The van der Waals surface area contributed by atoms with E-state index in [1.54, 1.807) is 6.07 Å². The van der Waals surface area contributed by atoms with Crippen molar-refractivity contribution in [2.45, 2.75) is 0 Å². The van der Waals surface area contributed by atoms with Crippen LogP contribution in [0.3, 0.4) is 0 Å². The first-order valence-electron chi connectivity index (χ1n) is 6.68. The zero-order valence-corrected chi connectivity index (χ0v) is 11.8. The van der Waals surface area contributed by atoms with Gasteiger partial charge in [-0.1, -0.05) is 29.8 Å². The number of ether oxygens (including phenoxy) is 1. The molecule has 5 heteroatoms. The van der Waals surface area contributed by atoms with E-state index in [0.29, 0.717) is 16.7 Å². The first-order valence-corrected chi connectivity index (χ1v) is 7.06. The summed E-state index contributed by atoms with van der Waals surface area (Å²) < 4.78 is 5.76. The number of halogens is 1. The van der Waals surface area contributed by atoms with E-state index < -0.39 is 0 Å². The van der Waals surface area contributed by atoms with Crippen LogP contribution < -0.4 is 15.0 Å². The molecular formula is C15H16ClN3O. The molecule has 3 rings (SSSR count).